The van der Waals surface area contributed by atoms with Gasteiger partial charge in [0.15, 0.2) is 0 Å². The number of ether oxygens (including phenoxy) is 1. The average molecular weight is 217 g/mol. The summed E-state index contributed by atoms with van der Waals surface area (Å²) in [6, 6.07) is 0. The second-order valence-corrected chi connectivity index (χ2v) is 4.95. The summed E-state index contributed by atoms with van der Waals surface area (Å²) in [6.45, 7) is 4.33. The Hall–Kier alpha value is 0.270. The number of thioether (sulfide) groups is 1. The maximum atomic E-state index is 5.33. The monoisotopic (exact) mass is 217 g/mol. The molecule has 0 aromatic rings. The van der Waals surface area contributed by atoms with Crippen LogP contribution in [0.15, 0.2) is 0 Å². The molecule has 2 nitrogen and oxygen atoms in total. The first-order valence-electron chi connectivity index (χ1n) is 5.71. The van der Waals surface area contributed by atoms with Crippen molar-refractivity contribution < 1.29 is 4.74 Å². The van der Waals surface area contributed by atoms with Gasteiger partial charge in [0.25, 0.3) is 0 Å². The Labute approximate surface area is 92.2 Å². The largest absolute Gasteiger partial charge is 0.381 e. The van der Waals surface area contributed by atoms with Crippen LogP contribution in [0.5, 0.6) is 0 Å². The number of rotatable bonds is 7. The molecule has 1 N–H and O–H groups in total. The summed E-state index contributed by atoms with van der Waals surface area (Å²) in [5, 5.41) is 3.55. The minimum atomic E-state index is 0.865. The highest BCUT2D eigenvalue weighted by molar-refractivity contribution is 7.98. The molecule has 1 fully saturated rings. The first-order valence-corrected chi connectivity index (χ1v) is 7.10. The third-order valence-electron chi connectivity index (χ3n) is 2.73. The van der Waals surface area contributed by atoms with Gasteiger partial charge in [-0.25, -0.2) is 0 Å². The van der Waals surface area contributed by atoms with E-state index in [0.717, 1.165) is 19.1 Å². The van der Waals surface area contributed by atoms with Crippen molar-refractivity contribution in [3.8, 4) is 0 Å². The highest BCUT2D eigenvalue weighted by atomic mass is 32.2. The van der Waals surface area contributed by atoms with Crippen LogP contribution in [-0.2, 0) is 4.74 Å². The van der Waals surface area contributed by atoms with Gasteiger partial charge >= 0.3 is 0 Å². The van der Waals surface area contributed by atoms with Crippen LogP contribution in [0.25, 0.3) is 0 Å². The van der Waals surface area contributed by atoms with Crippen LogP contribution in [-0.4, -0.2) is 38.3 Å². The van der Waals surface area contributed by atoms with Crippen LogP contribution in [0.4, 0.5) is 0 Å². The zero-order valence-corrected chi connectivity index (χ0v) is 10.1. The molecule has 0 amide bonds. The summed E-state index contributed by atoms with van der Waals surface area (Å²) >= 11 is 1.94. The van der Waals surface area contributed by atoms with E-state index in [-0.39, 0.29) is 0 Å². The minimum Gasteiger partial charge on any atom is -0.381 e. The van der Waals surface area contributed by atoms with Crippen molar-refractivity contribution in [1.82, 2.24) is 5.32 Å². The SMILES string of the molecule is CSCCCCNCC1CCOCC1. The molecule has 3 heteroatoms. The molecule has 1 aliphatic heterocycles. The average Bonchev–Trinajstić information content (AvgIpc) is 2.25. The number of hydrogen-bond acceptors (Lipinski definition) is 3. The zero-order chi connectivity index (χ0) is 10.1. The smallest absolute Gasteiger partial charge is 0.0469 e. The van der Waals surface area contributed by atoms with Crippen molar-refractivity contribution >= 4 is 11.8 Å². The van der Waals surface area contributed by atoms with Gasteiger partial charge in [-0.15, -0.1) is 0 Å². The van der Waals surface area contributed by atoms with Crippen molar-refractivity contribution in [2.45, 2.75) is 25.7 Å². The normalized spacial score (nSPS) is 18.6. The number of unbranched alkanes of at least 4 members (excludes halogenated alkanes) is 1. The van der Waals surface area contributed by atoms with Crippen molar-refractivity contribution in [3.63, 3.8) is 0 Å². The van der Waals surface area contributed by atoms with Crippen LogP contribution in [0, 0.1) is 5.92 Å². The topological polar surface area (TPSA) is 21.3 Å². The maximum absolute atomic E-state index is 5.33. The predicted octanol–water partition coefficient (Wildman–Crippen LogP) is 2.15. The first-order chi connectivity index (χ1) is 6.93. The van der Waals surface area contributed by atoms with Crippen LogP contribution in [0.1, 0.15) is 25.7 Å². The molecular weight excluding hydrogens is 194 g/mol. The van der Waals surface area contributed by atoms with E-state index in [4.69, 9.17) is 4.74 Å². The molecule has 0 atom stereocenters. The molecule has 1 heterocycles. The van der Waals surface area contributed by atoms with Crippen LogP contribution in [0.2, 0.25) is 0 Å². The van der Waals surface area contributed by atoms with Gasteiger partial charge in [-0.2, -0.15) is 11.8 Å². The van der Waals surface area contributed by atoms with Gasteiger partial charge in [0.1, 0.15) is 0 Å². The van der Waals surface area contributed by atoms with E-state index in [1.54, 1.807) is 0 Å². The summed E-state index contributed by atoms with van der Waals surface area (Å²) in [4.78, 5) is 0. The van der Waals surface area contributed by atoms with Gasteiger partial charge in [0.2, 0.25) is 0 Å². The van der Waals surface area contributed by atoms with Gasteiger partial charge in [0, 0.05) is 13.2 Å². The fourth-order valence-electron chi connectivity index (χ4n) is 1.75. The molecule has 0 aromatic heterocycles. The van der Waals surface area contributed by atoms with Crippen molar-refractivity contribution in [2.24, 2.45) is 5.92 Å². The van der Waals surface area contributed by atoms with Crippen LogP contribution >= 0.6 is 11.8 Å². The van der Waals surface area contributed by atoms with E-state index in [9.17, 15) is 0 Å². The van der Waals surface area contributed by atoms with Gasteiger partial charge in [0.05, 0.1) is 0 Å². The van der Waals surface area contributed by atoms with Crippen LogP contribution in [0.3, 0.4) is 0 Å². The fourth-order valence-corrected chi connectivity index (χ4v) is 2.25. The molecule has 0 aromatic carbocycles. The van der Waals surface area contributed by atoms with Gasteiger partial charge in [-0.1, -0.05) is 0 Å². The van der Waals surface area contributed by atoms with E-state index in [1.807, 2.05) is 11.8 Å². The van der Waals surface area contributed by atoms with Crippen molar-refractivity contribution in [2.75, 3.05) is 38.3 Å². The Morgan fingerprint density at radius 2 is 2.07 bits per heavy atom. The molecule has 0 radical (unpaired) electrons. The Morgan fingerprint density at radius 3 is 2.79 bits per heavy atom. The Balaban J connectivity index is 1.82. The second kappa shape index (κ2) is 8.57. The lowest BCUT2D eigenvalue weighted by Gasteiger charge is -2.22. The van der Waals surface area contributed by atoms with E-state index in [0.29, 0.717) is 0 Å². The minimum absolute atomic E-state index is 0.865. The molecule has 0 unspecified atom stereocenters. The third kappa shape index (κ3) is 5.89. The third-order valence-corrected chi connectivity index (χ3v) is 3.42. The van der Waals surface area contributed by atoms with Crippen molar-refractivity contribution in [1.29, 1.82) is 0 Å². The fraction of sp³-hybridized carbons (Fsp3) is 1.00. The standard InChI is InChI=1S/C11H23NOS/c1-14-9-3-2-6-12-10-11-4-7-13-8-5-11/h11-12H,2-10H2,1H3. The summed E-state index contributed by atoms with van der Waals surface area (Å²) in [7, 11) is 0. The Morgan fingerprint density at radius 1 is 1.29 bits per heavy atom. The van der Waals surface area contributed by atoms with E-state index in [1.165, 1.54) is 44.5 Å². The lowest BCUT2D eigenvalue weighted by atomic mass is 10.0. The molecule has 0 aliphatic carbocycles. The molecule has 1 aliphatic rings. The first kappa shape index (κ1) is 12.3. The van der Waals surface area contributed by atoms with E-state index >= 15 is 0 Å². The summed E-state index contributed by atoms with van der Waals surface area (Å²) in [5.74, 6) is 2.17. The van der Waals surface area contributed by atoms with Crippen molar-refractivity contribution in [3.05, 3.63) is 0 Å². The lowest BCUT2D eigenvalue weighted by Crippen LogP contribution is -2.28. The van der Waals surface area contributed by atoms with E-state index in [2.05, 4.69) is 11.6 Å². The highest BCUT2D eigenvalue weighted by Gasteiger charge is 2.12. The van der Waals surface area contributed by atoms with Crippen LogP contribution < -0.4 is 5.32 Å². The van der Waals surface area contributed by atoms with Gasteiger partial charge in [-0.3, -0.25) is 0 Å². The van der Waals surface area contributed by atoms with Gasteiger partial charge in [-0.05, 0) is 56.7 Å². The Kier molecular flexibility index (Phi) is 7.55. The van der Waals surface area contributed by atoms with E-state index < -0.39 is 0 Å². The molecule has 0 bridgehead atoms. The Bertz CT molecular complexity index is 126. The molecule has 14 heavy (non-hydrogen) atoms. The predicted molar refractivity (Wildman–Crippen MR) is 64.0 cm³/mol. The molecule has 84 valence electrons. The molecule has 1 rings (SSSR count). The number of hydrogen-bond donors (Lipinski definition) is 1. The molecular formula is C11H23NOS. The molecule has 1 saturated heterocycles. The van der Waals surface area contributed by atoms with Gasteiger partial charge < -0.3 is 10.1 Å². The summed E-state index contributed by atoms with van der Waals surface area (Å²) < 4.78 is 5.33. The summed E-state index contributed by atoms with van der Waals surface area (Å²) in [5.41, 5.74) is 0. The lowest BCUT2D eigenvalue weighted by molar-refractivity contribution is 0.0663. The molecule has 0 spiro atoms. The quantitative estimate of drug-likeness (QED) is 0.660. The zero-order valence-electron chi connectivity index (χ0n) is 9.26. The molecule has 0 saturated carbocycles. The second-order valence-electron chi connectivity index (χ2n) is 3.96. The number of nitrogens with one attached hydrogen (secondary N) is 1. The summed E-state index contributed by atoms with van der Waals surface area (Å²) in [6.07, 6.45) is 7.34. The maximum Gasteiger partial charge on any atom is 0.0469 e. The highest BCUT2D eigenvalue weighted by Crippen LogP contribution is 2.13.